The van der Waals surface area contributed by atoms with E-state index in [1.807, 2.05) is 0 Å². The predicted octanol–water partition coefficient (Wildman–Crippen LogP) is 1.22. The lowest BCUT2D eigenvalue weighted by molar-refractivity contribution is -0.112. The standard InChI is InChI=1S/C7H11ClO2/c8-3-1-7-6(5-9)2-4-10-7/h5-7H,1-4H2. The van der Waals surface area contributed by atoms with Gasteiger partial charge in [-0.1, -0.05) is 0 Å². The van der Waals surface area contributed by atoms with Gasteiger partial charge in [0.15, 0.2) is 0 Å². The highest BCUT2D eigenvalue weighted by Crippen LogP contribution is 2.21. The highest BCUT2D eigenvalue weighted by atomic mass is 35.5. The Hall–Kier alpha value is -0.0800. The summed E-state index contributed by atoms with van der Waals surface area (Å²) in [5.74, 6) is 0.674. The van der Waals surface area contributed by atoms with Crippen LogP contribution in [0.3, 0.4) is 0 Å². The van der Waals surface area contributed by atoms with E-state index < -0.39 is 0 Å². The largest absolute Gasteiger partial charge is 0.377 e. The number of ether oxygens (including phenoxy) is 1. The fourth-order valence-electron chi connectivity index (χ4n) is 1.23. The smallest absolute Gasteiger partial charge is 0.125 e. The molecule has 2 nitrogen and oxygen atoms in total. The van der Waals surface area contributed by atoms with Crippen LogP contribution in [0.5, 0.6) is 0 Å². The molecule has 0 amide bonds. The van der Waals surface area contributed by atoms with E-state index in [1.165, 1.54) is 0 Å². The maximum absolute atomic E-state index is 10.4. The lowest BCUT2D eigenvalue weighted by Crippen LogP contribution is -2.17. The van der Waals surface area contributed by atoms with E-state index in [1.54, 1.807) is 0 Å². The van der Waals surface area contributed by atoms with Crippen LogP contribution in [0.2, 0.25) is 0 Å². The molecule has 0 N–H and O–H groups in total. The molecule has 0 aromatic rings. The van der Waals surface area contributed by atoms with E-state index in [2.05, 4.69) is 0 Å². The molecule has 0 aromatic carbocycles. The molecule has 0 saturated carbocycles. The average Bonchev–Trinajstić information content (AvgIpc) is 2.36. The van der Waals surface area contributed by atoms with Crippen LogP contribution < -0.4 is 0 Å². The Labute approximate surface area is 65.5 Å². The Bertz CT molecular complexity index is 116. The van der Waals surface area contributed by atoms with Crippen molar-refractivity contribution in [1.29, 1.82) is 0 Å². The zero-order valence-electron chi connectivity index (χ0n) is 5.75. The van der Waals surface area contributed by atoms with Crippen LogP contribution in [0, 0.1) is 5.92 Å². The molecule has 10 heavy (non-hydrogen) atoms. The summed E-state index contributed by atoms with van der Waals surface area (Å²) in [6.45, 7) is 0.713. The van der Waals surface area contributed by atoms with Crippen molar-refractivity contribution in [2.24, 2.45) is 5.92 Å². The molecule has 0 spiro atoms. The molecule has 1 aliphatic rings. The number of alkyl halides is 1. The van der Waals surface area contributed by atoms with Gasteiger partial charge in [0, 0.05) is 18.4 Å². The summed E-state index contributed by atoms with van der Waals surface area (Å²) in [7, 11) is 0. The fraction of sp³-hybridized carbons (Fsp3) is 0.857. The monoisotopic (exact) mass is 162 g/mol. The number of carbonyl (C=O) groups excluding carboxylic acids is 1. The zero-order chi connectivity index (χ0) is 7.40. The molecule has 1 heterocycles. The van der Waals surface area contributed by atoms with Crippen molar-refractivity contribution in [3.8, 4) is 0 Å². The van der Waals surface area contributed by atoms with E-state index in [0.717, 1.165) is 19.1 Å². The molecular formula is C7H11ClO2. The summed E-state index contributed by atoms with van der Waals surface area (Å²) in [5, 5.41) is 0. The quantitative estimate of drug-likeness (QED) is 0.461. The number of hydrogen-bond acceptors (Lipinski definition) is 2. The second-order valence-electron chi connectivity index (χ2n) is 2.48. The first-order valence-corrected chi connectivity index (χ1v) is 4.05. The van der Waals surface area contributed by atoms with Crippen molar-refractivity contribution in [2.75, 3.05) is 12.5 Å². The summed E-state index contributed by atoms with van der Waals surface area (Å²) in [6.07, 6.45) is 2.73. The minimum Gasteiger partial charge on any atom is -0.377 e. The van der Waals surface area contributed by atoms with Gasteiger partial charge in [-0.05, 0) is 12.8 Å². The van der Waals surface area contributed by atoms with Crippen molar-refractivity contribution < 1.29 is 9.53 Å². The van der Waals surface area contributed by atoms with Crippen molar-refractivity contribution in [1.82, 2.24) is 0 Å². The summed E-state index contributed by atoms with van der Waals surface area (Å²) in [5.41, 5.74) is 0. The van der Waals surface area contributed by atoms with Crippen LogP contribution in [0.1, 0.15) is 12.8 Å². The Kier molecular flexibility index (Phi) is 3.16. The number of aldehydes is 1. The molecule has 2 atom stereocenters. The van der Waals surface area contributed by atoms with Gasteiger partial charge in [0.1, 0.15) is 6.29 Å². The average molecular weight is 163 g/mol. The Morgan fingerprint density at radius 1 is 1.70 bits per heavy atom. The summed E-state index contributed by atoms with van der Waals surface area (Å²) >= 11 is 5.51. The van der Waals surface area contributed by atoms with Gasteiger partial charge < -0.3 is 9.53 Å². The molecule has 1 saturated heterocycles. The third-order valence-corrected chi connectivity index (χ3v) is 2.05. The lowest BCUT2D eigenvalue weighted by atomic mass is 10.0. The number of rotatable bonds is 3. The van der Waals surface area contributed by atoms with Crippen molar-refractivity contribution in [3.63, 3.8) is 0 Å². The van der Waals surface area contributed by atoms with Gasteiger partial charge in [-0.3, -0.25) is 0 Å². The Balaban J connectivity index is 2.34. The summed E-state index contributed by atoms with van der Waals surface area (Å²) in [6, 6.07) is 0. The van der Waals surface area contributed by atoms with Crippen LogP contribution in [0.15, 0.2) is 0 Å². The first kappa shape index (κ1) is 8.02. The van der Waals surface area contributed by atoms with E-state index >= 15 is 0 Å². The molecule has 3 heteroatoms. The van der Waals surface area contributed by atoms with Crippen molar-refractivity contribution in [3.05, 3.63) is 0 Å². The van der Waals surface area contributed by atoms with E-state index in [-0.39, 0.29) is 12.0 Å². The van der Waals surface area contributed by atoms with Crippen molar-refractivity contribution in [2.45, 2.75) is 18.9 Å². The maximum atomic E-state index is 10.4. The second-order valence-corrected chi connectivity index (χ2v) is 2.85. The lowest BCUT2D eigenvalue weighted by Gasteiger charge is -2.10. The highest BCUT2D eigenvalue weighted by molar-refractivity contribution is 6.17. The molecule has 0 aromatic heterocycles. The van der Waals surface area contributed by atoms with Gasteiger partial charge in [0.25, 0.3) is 0 Å². The minimum absolute atomic E-state index is 0.0926. The minimum atomic E-state index is 0.0926. The van der Waals surface area contributed by atoms with Gasteiger partial charge >= 0.3 is 0 Å². The first-order chi connectivity index (χ1) is 4.88. The SMILES string of the molecule is O=CC1CCOC1CCCl. The predicted molar refractivity (Wildman–Crippen MR) is 39.2 cm³/mol. The third kappa shape index (κ3) is 1.70. The Morgan fingerprint density at radius 3 is 3.10 bits per heavy atom. The number of carbonyl (C=O) groups is 1. The molecule has 1 fully saturated rings. The Morgan fingerprint density at radius 2 is 2.50 bits per heavy atom. The molecular weight excluding hydrogens is 152 g/mol. The van der Waals surface area contributed by atoms with Crippen molar-refractivity contribution >= 4 is 17.9 Å². The van der Waals surface area contributed by atoms with Gasteiger partial charge in [0.2, 0.25) is 0 Å². The topological polar surface area (TPSA) is 26.3 Å². The molecule has 0 radical (unpaired) electrons. The van der Waals surface area contributed by atoms with E-state index in [9.17, 15) is 4.79 Å². The van der Waals surface area contributed by atoms with Crippen LogP contribution in [-0.4, -0.2) is 24.9 Å². The van der Waals surface area contributed by atoms with Gasteiger partial charge in [-0.25, -0.2) is 0 Å². The second kappa shape index (κ2) is 3.94. The van der Waals surface area contributed by atoms with Crippen LogP contribution in [0.25, 0.3) is 0 Å². The molecule has 1 rings (SSSR count). The zero-order valence-corrected chi connectivity index (χ0v) is 6.51. The van der Waals surface area contributed by atoms with Gasteiger partial charge in [-0.2, -0.15) is 0 Å². The molecule has 2 unspecified atom stereocenters. The summed E-state index contributed by atoms with van der Waals surface area (Å²) < 4.78 is 5.28. The van der Waals surface area contributed by atoms with Crippen LogP contribution in [-0.2, 0) is 9.53 Å². The van der Waals surface area contributed by atoms with E-state index in [0.29, 0.717) is 12.5 Å². The van der Waals surface area contributed by atoms with Crippen LogP contribution in [0.4, 0.5) is 0 Å². The third-order valence-electron chi connectivity index (χ3n) is 1.83. The van der Waals surface area contributed by atoms with Gasteiger partial charge in [-0.15, -0.1) is 11.6 Å². The maximum Gasteiger partial charge on any atom is 0.125 e. The fourth-order valence-corrected chi connectivity index (χ4v) is 1.44. The summed E-state index contributed by atoms with van der Waals surface area (Å²) in [4.78, 5) is 10.4. The molecule has 0 aliphatic carbocycles. The van der Waals surface area contributed by atoms with Crippen LogP contribution >= 0.6 is 11.6 Å². The molecule has 0 bridgehead atoms. The first-order valence-electron chi connectivity index (χ1n) is 3.51. The highest BCUT2D eigenvalue weighted by Gasteiger charge is 2.26. The molecule has 58 valence electrons. The number of hydrogen-bond donors (Lipinski definition) is 0. The van der Waals surface area contributed by atoms with E-state index in [4.69, 9.17) is 16.3 Å². The number of halogens is 1. The normalized spacial score (nSPS) is 32.5. The van der Waals surface area contributed by atoms with Gasteiger partial charge in [0.05, 0.1) is 6.10 Å². The molecule has 1 aliphatic heterocycles.